The van der Waals surface area contributed by atoms with Crippen molar-refractivity contribution in [3.63, 3.8) is 0 Å². The molecule has 8 heteroatoms. The summed E-state index contributed by atoms with van der Waals surface area (Å²) < 4.78 is 26.8. The van der Waals surface area contributed by atoms with Crippen molar-refractivity contribution < 1.29 is 8.42 Å². The number of benzene rings is 1. The molecule has 0 heterocycles. The van der Waals surface area contributed by atoms with E-state index in [4.69, 9.17) is 28.9 Å². The van der Waals surface area contributed by atoms with Gasteiger partial charge in [-0.2, -0.15) is 11.8 Å². The van der Waals surface area contributed by atoms with Crippen LogP contribution in [0.2, 0.25) is 10.0 Å². The first-order valence-corrected chi connectivity index (χ1v) is 8.67. The summed E-state index contributed by atoms with van der Waals surface area (Å²) in [7, 11) is -3.74. The number of sulfonamides is 1. The lowest BCUT2D eigenvalue weighted by Crippen LogP contribution is -2.34. The Kier molecular flexibility index (Phi) is 5.61. The van der Waals surface area contributed by atoms with Crippen LogP contribution in [0.1, 0.15) is 6.92 Å². The van der Waals surface area contributed by atoms with Crippen LogP contribution in [0, 0.1) is 0 Å². The summed E-state index contributed by atoms with van der Waals surface area (Å²) in [5.74, 6) is 0.656. The molecule has 0 bridgehead atoms. The van der Waals surface area contributed by atoms with Crippen LogP contribution < -0.4 is 10.5 Å². The molecule has 0 aliphatic rings. The Morgan fingerprint density at radius 3 is 2.33 bits per heavy atom. The molecule has 0 spiro atoms. The van der Waals surface area contributed by atoms with E-state index in [-0.39, 0.29) is 21.0 Å². The maximum absolute atomic E-state index is 12.1. The van der Waals surface area contributed by atoms with E-state index in [2.05, 4.69) is 4.72 Å². The number of nitrogens with two attached hydrogens (primary N) is 1. The van der Waals surface area contributed by atoms with Gasteiger partial charge in [-0.25, -0.2) is 13.1 Å². The second kappa shape index (κ2) is 6.34. The summed E-state index contributed by atoms with van der Waals surface area (Å²) in [5.41, 5.74) is 5.85. The fraction of sp³-hybridized carbons (Fsp3) is 0.400. The molecule has 0 amide bonds. The second-order valence-corrected chi connectivity index (χ2v) is 7.17. The Balaban J connectivity index is 3.13. The Morgan fingerprint density at radius 1 is 1.39 bits per heavy atom. The summed E-state index contributed by atoms with van der Waals surface area (Å²) in [6.07, 6.45) is 1.90. The molecule has 0 saturated heterocycles. The number of anilines is 1. The third kappa shape index (κ3) is 3.93. The zero-order valence-electron chi connectivity index (χ0n) is 9.91. The summed E-state index contributed by atoms with van der Waals surface area (Å²) in [5, 5.41) is 0.0349. The fourth-order valence-corrected chi connectivity index (χ4v) is 4.61. The highest BCUT2D eigenvalue weighted by molar-refractivity contribution is 7.98. The van der Waals surface area contributed by atoms with E-state index in [9.17, 15) is 8.42 Å². The molecule has 0 fully saturated rings. The predicted molar refractivity (Wildman–Crippen MR) is 79.0 cm³/mol. The number of hydrogen-bond acceptors (Lipinski definition) is 4. The molecule has 0 saturated carbocycles. The lowest BCUT2D eigenvalue weighted by Gasteiger charge is -2.15. The first-order valence-electron chi connectivity index (χ1n) is 5.03. The lowest BCUT2D eigenvalue weighted by molar-refractivity contribution is 0.571. The first-order chi connectivity index (χ1) is 8.27. The van der Waals surface area contributed by atoms with E-state index < -0.39 is 10.0 Å². The van der Waals surface area contributed by atoms with E-state index in [1.807, 2.05) is 6.26 Å². The summed E-state index contributed by atoms with van der Waals surface area (Å²) >= 11 is 13.3. The molecule has 1 aromatic rings. The van der Waals surface area contributed by atoms with Crippen molar-refractivity contribution in [3.8, 4) is 0 Å². The predicted octanol–water partition coefficient (Wildman–Crippen LogP) is 2.61. The van der Waals surface area contributed by atoms with Gasteiger partial charge < -0.3 is 5.73 Å². The molecule has 0 aromatic heterocycles. The summed E-state index contributed by atoms with van der Waals surface area (Å²) in [6.45, 7) is 1.77. The molecule has 18 heavy (non-hydrogen) atoms. The van der Waals surface area contributed by atoms with Gasteiger partial charge in [0.05, 0.1) is 10.0 Å². The molecular formula is C10H14Cl2N2O2S2. The van der Waals surface area contributed by atoms with Gasteiger partial charge in [0.1, 0.15) is 4.90 Å². The molecule has 0 radical (unpaired) electrons. The molecule has 102 valence electrons. The van der Waals surface area contributed by atoms with Gasteiger partial charge in [-0.3, -0.25) is 0 Å². The van der Waals surface area contributed by atoms with Gasteiger partial charge in [0.25, 0.3) is 0 Å². The Hall–Kier alpha value is -0.140. The number of halogens is 2. The minimum Gasteiger partial charge on any atom is -0.399 e. The molecule has 4 nitrogen and oxygen atoms in total. The van der Waals surface area contributed by atoms with Crippen LogP contribution in [0.15, 0.2) is 17.0 Å². The summed E-state index contributed by atoms with van der Waals surface area (Å²) in [4.78, 5) is -0.131. The molecule has 0 aliphatic carbocycles. The molecular weight excluding hydrogens is 315 g/mol. The smallest absolute Gasteiger partial charge is 0.243 e. The summed E-state index contributed by atoms with van der Waals surface area (Å²) in [6, 6.07) is 2.51. The van der Waals surface area contributed by atoms with Crippen molar-refractivity contribution in [2.75, 3.05) is 17.7 Å². The Bertz CT molecular complexity index is 512. The number of rotatable bonds is 5. The maximum Gasteiger partial charge on any atom is 0.243 e. The zero-order valence-corrected chi connectivity index (χ0v) is 13.1. The highest BCUT2D eigenvalue weighted by atomic mass is 35.5. The third-order valence-corrected chi connectivity index (χ3v) is 5.41. The SMILES string of the molecule is CSCC(C)NS(=O)(=O)c1c(Cl)cc(N)cc1Cl. The van der Waals surface area contributed by atoms with Crippen molar-refractivity contribution >= 4 is 50.7 Å². The minimum absolute atomic E-state index is 0.0175. The highest BCUT2D eigenvalue weighted by Crippen LogP contribution is 2.31. The van der Waals surface area contributed by atoms with E-state index in [1.165, 1.54) is 12.1 Å². The number of hydrogen-bond donors (Lipinski definition) is 2. The van der Waals surface area contributed by atoms with Crippen LogP contribution in [0.3, 0.4) is 0 Å². The normalized spacial score (nSPS) is 13.6. The average molecular weight is 329 g/mol. The molecule has 1 aromatic carbocycles. The van der Waals surface area contributed by atoms with Crippen LogP contribution in [-0.2, 0) is 10.0 Å². The standard InChI is InChI=1S/C10H14Cl2N2O2S2/c1-6(5-17-2)14-18(15,16)10-8(11)3-7(13)4-9(10)12/h3-4,6,14H,5,13H2,1-2H3. The van der Waals surface area contributed by atoms with Crippen LogP contribution in [0.25, 0.3) is 0 Å². The van der Waals surface area contributed by atoms with Crippen molar-refractivity contribution in [2.24, 2.45) is 0 Å². The van der Waals surface area contributed by atoms with Crippen LogP contribution in [0.4, 0.5) is 5.69 Å². The largest absolute Gasteiger partial charge is 0.399 e. The zero-order chi connectivity index (χ0) is 13.9. The van der Waals surface area contributed by atoms with Gasteiger partial charge in [-0.1, -0.05) is 23.2 Å². The monoisotopic (exact) mass is 328 g/mol. The fourth-order valence-electron chi connectivity index (χ4n) is 1.44. The van der Waals surface area contributed by atoms with Crippen LogP contribution in [0.5, 0.6) is 0 Å². The van der Waals surface area contributed by atoms with Gasteiger partial charge >= 0.3 is 0 Å². The topological polar surface area (TPSA) is 72.2 Å². The average Bonchev–Trinajstić information content (AvgIpc) is 2.13. The quantitative estimate of drug-likeness (QED) is 0.815. The molecule has 1 atom stereocenters. The van der Waals surface area contributed by atoms with Crippen molar-refractivity contribution in [1.29, 1.82) is 0 Å². The van der Waals surface area contributed by atoms with Gasteiger partial charge in [-0.05, 0) is 25.3 Å². The number of thioether (sulfide) groups is 1. The van der Waals surface area contributed by atoms with Crippen LogP contribution >= 0.6 is 35.0 Å². The second-order valence-electron chi connectivity index (χ2n) is 3.79. The first kappa shape index (κ1) is 15.9. The van der Waals surface area contributed by atoms with Gasteiger partial charge in [-0.15, -0.1) is 0 Å². The Morgan fingerprint density at radius 2 is 1.89 bits per heavy atom. The maximum atomic E-state index is 12.1. The van der Waals surface area contributed by atoms with Gasteiger partial charge in [0.15, 0.2) is 0 Å². The van der Waals surface area contributed by atoms with E-state index in [0.29, 0.717) is 11.4 Å². The highest BCUT2D eigenvalue weighted by Gasteiger charge is 2.23. The van der Waals surface area contributed by atoms with Gasteiger partial charge in [0.2, 0.25) is 10.0 Å². The molecule has 0 aliphatic heterocycles. The van der Waals surface area contributed by atoms with E-state index in [0.717, 1.165) is 0 Å². The number of nitrogens with one attached hydrogen (secondary N) is 1. The van der Waals surface area contributed by atoms with Gasteiger partial charge in [0, 0.05) is 17.5 Å². The third-order valence-electron chi connectivity index (χ3n) is 2.06. The lowest BCUT2D eigenvalue weighted by atomic mass is 10.3. The minimum atomic E-state index is -3.74. The molecule has 3 N–H and O–H groups in total. The van der Waals surface area contributed by atoms with Crippen LogP contribution in [-0.4, -0.2) is 26.5 Å². The molecule has 1 unspecified atom stereocenters. The Labute approximate surface area is 121 Å². The van der Waals surface area contributed by atoms with E-state index >= 15 is 0 Å². The van der Waals surface area contributed by atoms with E-state index in [1.54, 1.807) is 18.7 Å². The number of nitrogen functional groups attached to an aromatic ring is 1. The van der Waals surface area contributed by atoms with Crippen molar-refractivity contribution in [2.45, 2.75) is 17.9 Å². The van der Waals surface area contributed by atoms with Crippen molar-refractivity contribution in [1.82, 2.24) is 4.72 Å². The van der Waals surface area contributed by atoms with Crippen molar-refractivity contribution in [3.05, 3.63) is 22.2 Å². The molecule has 1 rings (SSSR count).